The van der Waals surface area contributed by atoms with Gasteiger partial charge in [-0.05, 0) is 47.9 Å². The van der Waals surface area contributed by atoms with Gasteiger partial charge in [-0.3, -0.25) is 4.98 Å². The zero-order chi connectivity index (χ0) is 13.2. The Balaban J connectivity index is 1.81. The molecule has 19 heavy (non-hydrogen) atoms. The molecule has 0 bridgehead atoms. The molecule has 1 aliphatic carbocycles. The summed E-state index contributed by atoms with van der Waals surface area (Å²) < 4.78 is 0. The minimum absolute atomic E-state index is 0.0807. The molecule has 0 radical (unpaired) electrons. The number of pyridine rings is 1. The van der Waals surface area contributed by atoms with Gasteiger partial charge in [0.05, 0.1) is 6.04 Å². The molecule has 0 amide bonds. The van der Waals surface area contributed by atoms with Gasteiger partial charge in [-0.1, -0.05) is 36.8 Å². The standard InChI is InChI=1S/C17H20N2/c1-12-9-16(11-19-10-12)17(18)15-7-5-14(6-8-15)13-3-2-4-13/h5-11,13,17H,2-4,18H2,1H3. The Morgan fingerprint density at radius 3 is 2.42 bits per heavy atom. The molecule has 1 fully saturated rings. The van der Waals surface area contributed by atoms with Crippen molar-refractivity contribution in [3.05, 3.63) is 65.0 Å². The summed E-state index contributed by atoms with van der Waals surface area (Å²) in [5.74, 6) is 0.783. The first-order valence-corrected chi connectivity index (χ1v) is 7.01. The molecule has 0 saturated heterocycles. The molecule has 0 aliphatic heterocycles. The Kier molecular flexibility index (Phi) is 3.34. The van der Waals surface area contributed by atoms with Crippen LogP contribution in [0.5, 0.6) is 0 Å². The van der Waals surface area contributed by atoms with Gasteiger partial charge in [-0.15, -0.1) is 0 Å². The van der Waals surface area contributed by atoms with Crippen LogP contribution in [-0.2, 0) is 0 Å². The molecule has 98 valence electrons. The van der Waals surface area contributed by atoms with Crippen molar-refractivity contribution in [3.63, 3.8) is 0 Å². The molecule has 1 aromatic heterocycles. The van der Waals surface area contributed by atoms with Crippen LogP contribution in [-0.4, -0.2) is 4.98 Å². The van der Waals surface area contributed by atoms with E-state index < -0.39 is 0 Å². The van der Waals surface area contributed by atoms with E-state index in [0.29, 0.717) is 0 Å². The average Bonchev–Trinajstić information content (AvgIpc) is 2.37. The third kappa shape index (κ3) is 2.54. The van der Waals surface area contributed by atoms with Gasteiger partial charge in [0.1, 0.15) is 0 Å². The Bertz CT molecular complexity index is 556. The first-order chi connectivity index (χ1) is 9.24. The van der Waals surface area contributed by atoms with Crippen LogP contribution < -0.4 is 5.73 Å². The van der Waals surface area contributed by atoms with Gasteiger partial charge in [0.2, 0.25) is 0 Å². The Hall–Kier alpha value is -1.67. The third-order valence-corrected chi connectivity index (χ3v) is 4.13. The number of hydrogen-bond acceptors (Lipinski definition) is 2. The van der Waals surface area contributed by atoms with Crippen LogP contribution in [0.15, 0.2) is 42.7 Å². The quantitative estimate of drug-likeness (QED) is 0.904. The summed E-state index contributed by atoms with van der Waals surface area (Å²) in [6.45, 7) is 2.04. The van der Waals surface area contributed by atoms with Crippen molar-refractivity contribution in [1.29, 1.82) is 0 Å². The molecule has 2 N–H and O–H groups in total. The Morgan fingerprint density at radius 1 is 1.11 bits per heavy atom. The summed E-state index contributed by atoms with van der Waals surface area (Å²) in [6.07, 6.45) is 7.77. The van der Waals surface area contributed by atoms with Crippen molar-refractivity contribution in [2.24, 2.45) is 5.73 Å². The molecule has 2 nitrogen and oxygen atoms in total. The molecular formula is C17H20N2. The zero-order valence-corrected chi connectivity index (χ0v) is 11.3. The summed E-state index contributed by atoms with van der Waals surface area (Å²) in [4.78, 5) is 4.22. The normalized spacial score (nSPS) is 16.9. The molecule has 1 atom stereocenters. The highest BCUT2D eigenvalue weighted by Gasteiger charge is 2.19. The number of aryl methyl sites for hydroxylation is 1. The summed E-state index contributed by atoms with van der Waals surface area (Å²) in [7, 11) is 0. The number of benzene rings is 1. The third-order valence-electron chi connectivity index (χ3n) is 4.13. The van der Waals surface area contributed by atoms with Crippen LogP contribution in [0.25, 0.3) is 0 Å². The lowest BCUT2D eigenvalue weighted by molar-refractivity contribution is 0.419. The van der Waals surface area contributed by atoms with Gasteiger partial charge >= 0.3 is 0 Å². The van der Waals surface area contributed by atoms with E-state index >= 15 is 0 Å². The lowest BCUT2D eigenvalue weighted by Gasteiger charge is -2.26. The van der Waals surface area contributed by atoms with E-state index in [1.807, 2.05) is 19.3 Å². The van der Waals surface area contributed by atoms with Crippen molar-refractivity contribution < 1.29 is 0 Å². The van der Waals surface area contributed by atoms with E-state index in [2.05, 4.69) is 35.3 Å². The Labute approximate surface area is 114 Å². The van der Waals surface area contributed by atoms with Gasteiger partial charge in [0.15, 0.2) is 0 Å². The van der Waals surface area contributed by atoms with Crippen molar-refractivity contribution in [2.75, 3.05) is 0 Å². The van der Waals surface area contributed by atoms with Crippen molar-refractivity contribution >= 4 is 0 Å². The van der Waals surface area contributed by atoms with Crippen LogP contribution >= 0.6 is 0 Å². The van der Waals surface area contributed by atoms with Crippen molar-refractivity contribution in [3.8, 4) is 0 Å². The molecule has 2 aromatic rings. The minimum atomic E-state index is -0.0807. The fourth-order valence-electron chi connectivity index (χ4n) is 2.66. The number of rotatable bonds is 3. The van der Waals surface area contributed by atoms with Gasteiger partial charge < -0.3 is 5.73 Å². The zero-order valence-electron chi connectivity index (χ0n) is 11.3. The molecule has 3 rings (SSSR count). The van der Waals surface area contributed by atoms with E-state index in [4.69, 9.17) is 5.73 Å². The molecule has 1 unspecified atom stereocenters. The monoisotopic (exact) mass is 252 g/mol. The van der Waals surface area contributed by atoms with Crippen LogP contribution in [0.3, 0.4) is 0 Å². The van der Waals surface area contributed by atoms with Crippen molar-refractivity contribution in [1.82, 2.24) is 4.98 Å². The van der Waals surface area contributed by atoms with Gasteiger partial charge in [0.25, 0.3) is 0 Å². The maximum atomic E-state index is 6.32. The predicted octanol–water partition coefficient (Wildman–Crippen LogP) is 3.71. The highest BCUT2D eigenvalue weighted by molar-refractivity contribution is 5.34. The largest absolute Gasteiger partial charge is 0.320 e. The van der Waals surface area contributed by atoms with Gasteiger partial charge in [-0.2, -0.15) is 0 Å². The van der Waals surface area contributed by atoms with Crippen LogP contribution in [0.1, 0.15) is 53.5 Å². The van der Waals surface area contributed by atoms with Crippen LogP contribution in [0, 0.1) is 6.92 Å². The van der Waals surface area contributed by atoms with Crippen molar-refractivity contribution in [2.45, 2.75) is 38.1 Å². The van der Waals surface area contributed by atoms with Crippen LogP contribution in [0.2, 0.25) is 0 Å². The van der Waals surface area contributed by atoms with E-state index in [1.165, 1.54) is 24.8 Å². The lowest BCUT2D eigenvalue weighted by atomic mass is 9.79. The molecule has 1 aliphatic rings. The van der Waals surface area contributed by atoms with Gasteiger partial charge in [0, 0.05) is 12.4 Å². The number of hydrogen-bond donors (Lipinski definition) is 1. The van der Waals surface area contributed by atoms with E-state index in [0.717, 1.165) is 22.6 Å². The van der Waals surface area contributed by atoms with Crippen LogP contribution in [0.4, 0.5) is 0 Å². The maximum Gasteiger partial charge on any atom is 0.0567 e. The molecular weight excluding hydrogens is 232 g/mol. The fourth-order valence-corrected chi connectivity index (χ4v) is 2.66. The molecule has 2 heteroatoms. The van der Waals surface area contributed by atoms with E-state index in [-0.39, 0.29) is 6.04 Å². The minimum Gasteiger partial charge on any atom is -0.320 e. The summed E-state index contributed by atoms with van der Waals surface area (Å²) in [5, 5.41) is 0. The van der Waals surface area contributed by atoms with E-state index in [9.17, 15) is 0 Å². The highest BCUT2D eigenvalue weighted by atomic mass is 14.7. The summed E-state index contributed by atoms with van der Waals surface area (Å²) in [5.41, 5.74) is 11.2. The Morgan fingerprint density at radius 2 is 1.84 bits per heavy atom. The maximum absolute atomic E-state index is 6.32. The number of nitrogens with two attached hydrogens (primary N) is 1. The SMILES string of the molecule is Cc1cncc(C(N)c2ccc(C3CCC3)cc2)c1. The number of nitrogens with zero attached hydrogens (tertiary/aromatic N) is 1. The molecule has 0 spiro atoms. The predicted molar refractivity (Wildman–Crippen MR) is 78.0 cm³/mol. The second-order valence-electron chi connectivity index (χ2n) is 5.57. The second kappa shape index (κ2) is 5.14. The lowest BCUT2D eigenvalue weighted by Crippen LogP contribution is -2.13. The second-order valence-corrected chi connectivity index (χ2v) is 5.57. The molecule has 1 aromatic carbocycles. The first kappa shape index (κ1) is 12.4. The van der Waals surface area contributed by atoms with Gasteiger partial charge in [-0.25, -0.2) is 0 Å². The smallest absolute Gasteiger partial charge is 0.0567 e. The summed E-state index contributed by atoms with van der Waals surface area (Å²) >= 11 is 0. The fraction of sp³-hybridized carbons (Fsp3) is 0.353. The van der Waals surface area contributed by atoms with E-state index in [1.54, 1.807) is 0 Å². The molecule has 1 heterocycles. The molecule has 1 saturated carbocycles. The number of aromatic nitrogens is 1. The first-order valence-electron chi connectivity index (χ1n) is 7.01. The topological polar surface area (TPSA) is 38.9 Å². The highest BCUT2D eigenvalue weighted by Crippen LogP contribution is 2.36. The summed E-state index contributed by atoms with van der Waals surface area (Å²) in [6, 6.07) is 10.8. The average molecular weight is 252 g/mol.